The molecule has 0 bridgehead atoms. The molecule has 1 nitrogen and oxygen atoms in total. The van der Waals surface area contributed by atoms with Crippen molar-refractivity contribution in [1.82, 2.24) is 4.90 Å². The van der Waals surface area contributed by atoms with Gasteiger partial charge in [-0.3, -0.25) is 0 Å². The topological polar surface area (TPSA) is 3.24 Å². The van der Waals surface area contributed by atoms with Crippen LogP contribution in [0.4, 0.5) is 0 Å². The highest BCUT2D eigenvalue weighted by molar-refractivity contribution is 4.84. The second kappa shape index (κ2) is 5.36. The standard InChI is InChI=1S/C10H18N/c1-2-3-5-8-11-9-6-4-7-10-11/h2-3H,1,4-10H2/b3-2+. The van der Waals surface area contributed by atoms with Gasteiger partial charge in [0.25, 0.3) is 0 Å². The zero-order chi connectivity index (χ0) is 7.94. The van der Waals surface area contributed by atoms with Crippen molar-refractivity contribution in [1.29, 1.82) is 0 Å². The summed E-state index contributed by atoms with van der Waals surface area (Å²) in [5.74, 6) is 0. The molecule has 0 amide bonds. The largest absolute Gasteiger partial charge is 0.303 e. The molecule has 1 heterocycles. The lowest BCUT2D eigenvalue weighted by atomic mass is 10.1. The van der Waals surface area contributed by atoms with E-state index in [4.69, 9.17) is 0 Å². The van der Waals surface area contributed by atoms with Gasteiger partial charge in [-0.05, 0) is 39.3 Å². The van der Waals surface area contributed by atoms with Crippen molar-refractivity contribution in [2.45, 2.75) is 25.7 Å². The first-order valence-corrected chi connectivity index (χ1v) is 4.60. The van der Waals surface area contributed by atoms with Gasteiger partial charge in [-0.2, -0.15) is 0 Å². The molecule has 0 atom stereocenters. The third-order valence-corrected chi connectivity index (χ3v) is 2.23. The quantitative estimate of drug-likeness (QED) is 0.599. The highest BCUT2D eigenvalue weighted by atomic mass is 15.1. The van der Waals surface area contributed by atoms with E-state index in [1.165, 1.54) is 45.3 Å². The molecule has 1 aliphatic rings. The maximum absolute atomic E-state index is 3.67. The Morgan fingerprint density at radius 1 is 1.18 bits per heavy atom. The van der Waals surface area contributed by atoms with Crippen molar-refractivity contribution < 1.29 is 0 Å². The number of allylic oxidation sites excluding steroid dienone is 1. The second-order valence-electron chi connectivity index (χ2n) is 3.16. The molecule has 0 N–H and O–H groups in total. The van der Waals surface area contributed by atoms with Gasteiger partial charge in [0.1, 0.15) is 0 Å². The van der Waals surface area contributed by atoms with Crippen molar-refractivity contribution in [3.63, 3.8) is 0 Å². The van der Waals surface area contributed by atoms with Crippen molar-refractivity contribution in [2.75, 3.05) is 19.6 Å². The Hall–Kier alpha value is -0.300. The summed E-state index contributed by atoms with van der Waals surface area (Å²) in [5.41, 5.74) is 0. The molecule has 0 spiro atoms. The number of hydrogen-bond acceptors (Lipinski definition) is 1. The fourth-order valence-corrected chi connectivity index (χ4v) is 1.56. The summed E-state index contributed by atoms with van der Waals surface area (Å²) in [6, 6.07) is 0. The summed E-state index contributed by atoms with van der Waals surface area (Å²) in [7, 11) is 0. The molecule has 0 aromatic heterocycles. The maximum Gasteiger partial charge on any atom is 0.00159 e. The molecule has 1 rings (SSSR count). The minimum Gasteiger partial charge on any atom is -0.303 e. The van der Waals surface area contributed by atoms with Crippen LogP contribution in [0, 0.1) is 6.92 Å². The predicted molar refractivity (Wildman–Crippen MR) is 49.4 cm³/mol. The van der Waals surface area contributed by atoms with Crippen LogP contribution in [0.5, 0.6) is 0 Å². The fourth-order valence-electron chi connectivity index (χ4n) is 1.56. The molecule has 11 heavy (non-hydrogen) atoms. The second-order valence-corrected chi connectivity index (χ2v) is 3.16. The van der Waals surface area contributed by atoms with Crippen molar-refractivity contribution in [2.24, 2.45) is 0 Å². The Kier molecular flexibility index (Phi) is 4.29. The van der Waals surface area contributed by atoms with Gasteiger partial charge in [0.15, 0.2) is 0 Å². The van der Waals surface area contributed by atoms with Crippen LogP contribution < -0.4 is 0 Å². The third-order valence-electron chi connectivity index (χ3n) is 2.23. The van der Waals surface area contributed by atoms with Gasteiger partial charge in [0.05, 0.1) is 0 Å². The lowest BCUT2D eigenvalue weighted by Crippen LogP contribution is -2.30. The van der Waals surface area contributed by atoms with E-state index in [-0.39, 0.29) is 0 Å². The number of likely N-dealkylation sites (tertiary alicyclic amines) is 1. The number of nitrogens with zero attached hydrogens (tertiary/aromatic N) is 1. The molecule has 1 heteroatoms. The zero-order valence-electron chi connectivity index (χ0n) is 7.26. The van der Waals surface area contributed by atoms with E-state index < -0.39 is 0 Å². The molecule has 1 radical (unpaired) electrons. The van der Waals surface area contributed by atoms with Gasteiger partial charge in [-0.25, -0.2) is 0 Å². The van der Waals surface area contributed by atoms with Crippen LogP contribution in [0.2, 0.25) is 0 Å². The van der Waals surface area contributed by atoms with Crippen LogP contribution in [0.1, 0.15) is 25.7 Å². The van der Waals surface area contributed by atoms with Gasteiger partial charge in [-0.1, -0.05) is 18.6 Å². The van der Waals surface area contributed by atoms with E-state index in [1.807, 2.05) is 6.08 Å². The SMILES string of the molecule is [CH2]/C=C/CCN1CCCCC1. The summed E-state index contributed by atoms with van der Waals surface area (Å²) in [6.45, 7) is 7.52. The first kappa shape index (κ1) is 8.79. The van der Waals surface area contributed by atoms with Crippen molar-refractivity contribution in [3.05, 3.63) is 19.1 Å². The number of piperidine rings is 1. The lowest BCUT2D eigenvalue weighted by Gasteiger charge is -2.25. The molecule has 1 saturated heterocycles. The Balaban J connectivity index is 2.04. The lowest BCUT2D eigenvalue weighted by molar-refractivity contribution is 0.233. The molecular formula is C10H18N. The Morgan fingerprint density at radius 2 is 1.91 bits per heavy atom. The van der Waals surface area contributed by atoms with E-state index in [2.05, 4.69) is 17.9 Å². The fraction of sp³-hybridized carbons (Fsp3) is 0.700. The van der Waals surface area contributed by atoms with Gasteiger partial charge in [0, 0.05) is 6.54 Å². The van der Waals surface area contributed by atoms with Gasteiger partial charge < -0.3 is 4.90 Å². The maximum atomic E-state index is 3.67. The highest BCUT2D eigenvalue weighted by Crippen LogP contribution is 2.08. The molecule has 1 aliphatic heterocycles. The van der Waals surface area contributed by atoms with Crippen LogP contribution in [0.25, 0.3) is 0 Å². The predicted octanol–water partition coefficient (Wildman–Crippen LogP) is 2.25. The smallest absolute Gasteiger partial charge is 0.00159 e. The summed E-state index contributed by atoms with van der Waals surface area (Å²) >= 11 is 0. The van der Waals surface area contributed by atoms with Gasteiger partial charge in [-0.15, -0.1) is 0 Å². The molecule has 0 aromatic carbocycles. The minimum absolute atomic E-state index is 1.17. The van der Waals surface area contributed by atoms with Crippen molar-refractivity contribution in [3.8, 4) is 0 Å². The Labute approximate surface area is 70.1 Å². The van der Waals surface area contributed by atoms with Crippen molar-refractivity contribution >= 4 is 0 Å². The average molecular weight is 152 g/mol. The van der Waals surface area contributed by atoms with E-state index in [9.17, 15) is 0 Å². The van der Waals surface area contributed by atoms with E-state index in [0.29, 0.717) is 0 Å². The molecule has 0 aliphatic carbocycles. The minimum atomic E-state index is 1.17. The summed E-state index contributed by atoms with van der Waals surface area (Å²) in [5, 5.41) is 0. The van der Waals surface area contributed by atoms with Crippen LogP contribution in [0.15, 0.2) is 12.2 Å². The van der Waals surface area contributed by atoms with Crippen LogP contribution in [-0.4, -0.2) is 24.5 Å². The Bertz CT molecular complexity index is 112. The first-order valence-electron chi connectivity index (χ1n) is 4.60. The van der Waals surface area contributed by atoms with Crippen LogP contribution in [0.3, 0.4) is 0 Å². The van der Waals surface area contributed by atoms with Crippen LogP contribution >= 0.6 is 0 Å². The summed E-state index contributed by atoms with van der Waals surface area (Å²) in [6.07, 6.45) is 9.44. The summed E-state index contributed by atoms with van der Waals surface area (Å²) < 4.78 is 0. The molecule has 63 valence electrons. The third kappa shape index (κ3) is 3.57. The molecule has 0 saturated carbocycles. The average Bonchev–Trinajstić information content (AvgIpc) is 2.07. The monoisotopic (exact) mass is 152 g/mol. The molecule has 1 fully saturated rings. The van der Waals surface area contributed by atoms with E-state index >= 15 is 0 Å². The summed E-state index contributed by atoms with van der Waals surface area (Å²) in [4.78, 5) is 2.55. The number of hydrogen-bond donors (Lipinski definition) is 0. The van der Waals surface area contributed by atoms with E-state index in [0.717, 1.165) is 0 Å². The van der Waals surface area contributed by atoms with Gasteiger partial charge in [0.2, 0.25) is 0 Å². The molecule has 0 unspecified atom stereocenters. The first-order chi connectivity index (χ1) is 5.43. The van der Waals surface area contributed by atoms with Gasteiger partial charge >= 0.3 is 0 Å². The molecular weight excluding hydrogens is 134 g/mol. The van der Waals surface area contributed by atoms with E-state index in [1.54, 1.807) is 0 Å². The zero-order valence-corrected chi connectivity index (χ0v) is 7.26. The Morgan fingerprint density at radius 3 is 2.55 bits per heavy atom. The van der Waals surface area contributed by atoms with Crippen LogP contribution in [-0.2, 0) is 0 Å². The number of rotatable bonds is 3. The molecule has 0 aromatic rings. The normalized spacial score (nSPS) is 21.2. The highest BCUT2D eigenvalue weighted by Gasteiger charge is 2.07.